The molecular weight excluding hydrogens is 298 g/mol. The van der Waals surface area contributed by atoms with Gasteiger partial charge >= 0.3 is 0 Å². The molecule has 1 aromatic rings. The van der Waals surface area contributed by atoms with Gasteiger partial charge in [-0.25, -0.2) is 0 Å². The molecule has 2 saturated heterocycles. The van der Waals surface area contributed by atoms with E-state index in [0.717, 1.165) is 32.1 Å². The number of unbranched alkanes of at least 4 members (excludes halogenated alkanes) is 1. The van der Waals surface area contributed by atoms with E-state index in [-0.39, 0.29) is 11.5 Å². The number of rotatable bonds is 6. The number of benzene rings is 1. The Hall–Kier alpha value is -1.35. The van der Waals surface area contributed by atoms with E-state index in [9.17, 15) is 4.79 Å². The molecule has 2 heterocycles. The smallest absolute Gasteiger partial charge is 0.231 e. The Morgan fingerprint density at radius 1 is 1.29 bits per heavy atom. The summed E-state index contributed by atoms with van der Waals surface area (Å²) in [5, 5.41) is 0. The van der Waals surface area contributed by atoms with Crippen LogP contribution in [0.1, 0.15) is 58.9 Å². The lowest BCUT2D eigenvalue weighted by Crippen LogP contribution is -2.47. The van der Waals surface area contributed by atoms with Crippen LogP contribution in [-0.4, -0.2) is 29.2 Å². The lowest BCUT2D eigenvalue weighted by Gasteiger charge is -2.32. The Bertz CT molecular complexity index is 585. The zero-order chi connectivity index (χ0) is 17.4. The van der Waals surface area contributed by atoms with Gasteiger partial charge in [0.2, 0.25) is 5.91 Å². The van der Waals surface area contributed by atoms with Crippen molar-refractivity contribution in [1.29, 1.82) is 0 Å². The van der Waals surface area contributed by atoms with Gasteiger partial charge in [0.05, 0.1) is 18.1 Å². The third-order valence-electron chi connectivity index (χ3n) is 5.91. The van der Waals surface area contributed by atoms with Crippen molar-refractivity contribution < 1.29 is 9.53 Å². The number of hydrogen-bond donors (Lipinski definition) is 0. The number of amides is 1. The van der Waals surface area contributed by atoms with Crippen molar-refractivity contribution in [3.05, 3.63) is 35.9 Å². The van der Waals surface area contributed by atoms with E-state index in [4.69, 9.17) is 4.74 Å². The standard InChI is InChI=1S/C21H31NO2/c1-5-6-12-21(13-17-10-8-7-9-11-17)15-20(4)22(19(21)23)18(14-24-20)16(2)3/h7-11,16,18H,5-6,12-15H2,1-4H3/t18-,20-,21+/m1/s1. The van der Waals surface area contributed by atoms with E-state index in [1.807, 2.05) is 6.07 Å². The summed E-state index contributed by atoms with van der Waals surface area (Å²) < 4.78 is 6.19. The molecule has 0 bridgehead atoms. The van der Waals surface area contributed by atoms with E-state index in [2.05, 4.69) is 56.9 Å². The van der Waals surface area contributed by atoms with E-state index >= 15 is 0 Å². The average Bonchev–Trinajstić information content (AvgIpc) is 2.99. The fraction of sp³-hybridized carbons (Fsp3) is 0.667. The van der Waals surface area contributed by atoms with Crippen LogP contribution in [-0.2, 0) is 16.0 Å². The summed E-state index contributed by atoms with van der Waals surface area (Å²) in [4.78, 5) is 15.7. The summed E-state index contributed by atoms with van der Waals surface area (Å²) >= 11 is 0. The van der Waals surface area contributed by atoms with Crippen LogP contribution in [0.5, 0.6) is 0 Å². The maximum atomic E-state index is 13.6. The third-order valence-corrected chi connectivity index (χ3v) is 5.91. The van der Waals surface area contributed by atoms with Crippen LogP contribution in [0.15, 0.2) is 30.3 Å². The topological polar surface area (TPSA) is 29.5 Å². The normalized spacial score (nSPS) is 32.6. The van der Waals surface area contributed by atoms with Gasteiger partial charge in [-0.15, -0.1) is 0 Å². The summed E-state index contributed by atoms with van der Waals surface area (Å²) in [7, 11) is 0. The summed E-state index contributed by atoms with van der Waals surface area (Å²) in [5.41, 5.74) is 0.529. The number of carbonyl (C=O) groups excluding carboxylic acids is 1. The van der Waals surface area contributed by atoms with E-state index < -0.39 is 5.72 Å². The van der Waals surface area contributed by atoms with Gasteiger partial charge in [-0.2, -0.15) is 0 Å². The molecule has 3 atom stereocenters. The summed E-state index contributed by atoms with van der Waals surface area (Å²) in [5.74, 6) is 0.743. The largest absolute Gasteiger partial charge is 0.354 e. The molecule has 24 heavy (non-hydrogen) atoms. The fourth-order valence-corrected chi connectivity index (χ4v) is 4.63. The van der Waals surface area contributed by atoms with Crippen LogP contribution in [0.25, 0.3) is 0 Å². The van der Waals surface area contributed by atoms with Crippen molar-refractivity contribution in [1.82, 2.24) is 4.90 Å². The predicted molar refractivity (Wildman–Crippen MR) is 96.6 cm³/mol. The van der Waals surface area contributed by atoms with Gasteiger partial charge in [0, 0.05) is 6.42 Å². The molecule has 1 aromatic carbocycles. The SMILES string of the molecule is CCCC[C@]1(Cc2ccccc2)C[C@@]2(C)OC[C@H](C(C)C)N2C1=O. The minimum absolute atomic E-state index is 0.210. The van der Waals surface area contributed by atoms with Gasteiger partial charge in [0.1, 0.15) is 5.72 Å². The van der Waals surface area contributed by atoms with Crippen LogP contribution < -0.4 is 0 Å². The van der Waals surface area contributed by atoms with Crippen molar-refractivity contribution in [2.75, 3.05) is 6.61 Å². The number of hydrogen-bond acceptors (Lipinski definition) is 2. The number of carbonyl (C=O) groups is 1. The number of fused-ring (bicyclic) bond motifs is 1. The monoisotopic (exact) mass is 329 g/mol. The molecule has 3 rings (SSSR count). The molecule has 1 amide bonds. The minimum atomic E-state index is -0.422. The fourth-order valence-electron chi connectivity index (χ4n) is 4.63. The Balaban J connectivity index is 1.93. The zero-order valence-electron chi connectivity index (χ0n) is 15.5. The molecular formula is C21H31NO2. The molecule has 0 radical (unpaired) electrons. The van der Waals surface area contributed by atoms with E-state index in [0.29, 0.717) is 18.4 Å². The Morgan fingerprint density at radius 3 is 2.62 bits per heavy atom. The van der Waals surface area contributed by atoms with Crippen LogP contribution in [0.2, 0.25) is 0 Å². The molecule has 0 N–H and O–H groups in total. The van der Waals surface area contributed by atoms with E-state index in [1.165, 1.54) is 5.56 Å². The number of ether oxygens (including phenoxy) is 1. The van der Waals surface area contributed by atoms with E-state index in [1.54, 1.807) is 0 Å². The third kappa shape index (κ3) is 2.88. The molecule has 3 nitrogen and oxygen atoms in total. The first-order valence-electron chi connectivity index (χ1n) is 9.43. The van der Waals surface area contributed by atoms with Crippen molar-refractivity contribution in [3.8, 4) is 0 Å². The molecule has 2 fully saturated rings. The predicted octanol–water partition coefficient (Wildman–Crippen LogP) is 4.41. The van der Waals surface area contributed by atoms with Crippen molar-refractivity contribution in [2.45, 2.75) is 71.6 Å². The highest BCUT2D eigenvalue weighted by Crippen LogP contribution is 2.52. The van der Waals surface area contributed by atoms with Crippen LogP contribution in [0.4, 0.5) is 0 Å². The Morgan fingerprint density at radius 2 is 2.00 bits per heavy atom. The first-order valence-corrected chi connectivity index (χ1v) is 9.43. The molecule has 2 aliphatic rings. The Kier molecular flexibility index (Phi) is 4.74. The quantitative estimate of drug-likeness (QED) is 0.774. The second kappa shape index (κ2) is 6.51. The summed E-state index contributed by atoms with van der Waals surface area (Å²) in [6.07, 6.45) is 4.81. The molecule has 0 saturated carbocycles. The van der Waals surface area contributed by atoms with Crippen LogP contribution >= 0.6 is 0 Å². The maximum Gasteiger partial charge on any atom is 0.231 e. The molecule has 0 aromatic heterocycles. The average molecular weight is 329 g/mol. The molecule has 2 aliphatic heterocycles. The van der Waals surface area contributed by atoms with Crippen LogP contribution in [0.3, 0.4) is 0 Å². The van der Waals surface area contributed by atoms with Gasteiger partial charge in [0.25, 0.3) is 0 Å². The first kappa shape index (κ1) is 17.5. The molecule has 0 unspecified atom stereocenters. The second-order valence-corrected chi connectivity index (χ2v) is 8.20. The zero-order valence-corrected chi connectivity index (χ0v) is 15.5. The molecule has 0 aliphatic carbocycles. The lowest BCUT2D eigenvalue weighted by molar-refractivity contribution is -0.142. The van der Waals surface area contributed by atoms with Gasteiger partial charge < -0.3 is 9.64 Å². The minimum Gasteiger partial charge on any atom is -0.354 e. The molecule has 3 heteroatoms. The first-order chi connectivity index (χ1) is 11.4. The van der Waals surface area contributed by atoms with Gasteiger partial charge in [-0.3, -0.25) is 4.79 Å². The van der Waals surface area contributed by atoms with Crippen molar-refractivity contribution >= 4 is 5.91 Å². The second-order valence-electron chi connectivity index (χ2n) is 8.20. The molecule has 132 valence electrons. The highest BCUT2D eigenvalue weighted by atomic mass is 16.5. The number of nitrogens with zero attached hydrogens (tertiary/aromatic N) is 1. The van der Waals surface area contributed by atoms with Crippen LogP contribution in [0, 0.1) is 11.3 Å². The van der Waals surface area contributed by atoms with Crippen molar-refractivity contribution in [3.63, 3.8) is 0 Å². The van der Waals surface area contributed by atoms with Crippen molar-refractivity contribution in [2.24, 2.45) is 11.3 Å². The Labute approximate surface area is 146 Å². The highest BCUT2D eigenvalue weighted by molar-refractivity contribution is 5.87. The summed E-state index contributed by atoms with van der Waals surface area (Å²) in [6, 6.07) is 10.7. The van der Waals surface area contributed by atoms with Gasteiger partial charge in [-0.05, 0) is 31.2 Å². The van der Waals surface area contributed by atoms with Gasteiger partial charge in [-0.1, -0.05) is 63.9 Å². The highest BCUT2D eigenvalue weighted by Gasteiger charge is 2.62. The van der Waals surface area contributed by atoms with Gasteiger partial charge in [0.15, 0.2) is 0 Å². The summed E-state index contributed by atoms with van der Waals surface area (Å²) in [6.45, 7) is 9.37. The molecule has 0 spiro atoms. The maximum absolute atomic E-state index is 13.6. The lowest BCUT2D eigenvalue weighted by atomic mass is 9.74.